The highest BCUT2D eigenvalue weighted by atomic mass is 16.3. The molecular formula is C59H38N2O. The van der Waals surface area contributed by atoms with Crippen LogP contribution in [-0.4, -0.2) is 0 Å². The zero-order chi connectivity index (χ0) is 40.8. The summed E-state index contributed by atoms with van der Waals surface area (Å²) < 4.78 is 6.40. The molecule has 0 radical (unpaired) electrons. The van der Waals surface area contributed by atoms with Crippen LogP contribution in [-0.2, 0) is 5.41 Å². The molecule has 290 valence electrons. The SMILES string of the molecule is c1ccc(N(c2ccccc2)c2ccc3c(c2)C2(c4ccccc4-3)c3ccccc3-c3c2c(N(c2ccccc2)c2ccc4oc5ccccc5c4c2)cc2ccccc32)cc1. The predicted octanol–water partition coefficient (Wildman–Crippen LogP) is 16.0. The van der Waals surface area contributed by atoms with Crippen LogP contribution in [0, 0.1) is 0 Å². The molecular weight excluding hydrogens is 753 g/mol. The first-order chi connectivity index (χ1) is 30.8. The molecule has 10 aromatic carbocycles. The average Bonchev–Trinajstić information content (AvgIpc) is 3.97. The number of nitrogens with zero attached hydrogens (tertiary/aromatic N) is 2. The molecule has 2 aliphatic carbocycles. The third-order valence-electron chi connectivity index (χ3n) is 13.2. The van der Waals surface area contributed by atoms with Gasteiger partial charge in [-0.25, -0.2) is 0 Å². The fraction of sp³-hybridized carbons (Fsp3) is 0.0169. The molecule has 1 atom stereocenters. The Kier molecular flexibility index (Phi) is 7.52. The summed E-state index contributed by atoms with van der Waals surface area (Å²) in [7, 11) is 0. The number of benzene rings is 10. The topological polar surface area (TPSA) is 19.6 Å². The molecule has 11 aromatic rings. The van der Waals surface area contributed by atoms with Crippen molar-refractivity contribution in [3.8, 4) is 22.3 Å². The predicted molar refractivity (Wildman–Crippen MR) is 257 cm³/mol. The Morgan fingerprint density at radius 3 is 1.56 bits per heavy atom. The summed E-state index contributed by atoms with van der Waals surface area (Å²) in [6.45, 7) is 0. The Morgan fingerprint density at radius 1 is 0.323 bits per heavy atom. The van der Waals surface area contributed by atoms with Crippen LogP contribution >= 0.6 is 0 Å². The van der Waals surface area contributed by atoms with E-state index in [0.717, 1.165) is 56.1 Å². The van der Waals surface area contributed by atoms with Crippen molar-refractivity contribution < 1.29 is 4.42 Å². The molecule has 13 rings (SSSR count). The summed E-state index contributed by atoms with van der Waals surface area (Å²) in [5, 5.41) is 4.65. The van der Waals surface area contributed by atoms with E-state index in [1.165, 1.54) is 55.3 Å². The van der Waals surface area contributed by atoms with Gasteiger partial charge < -0.3 is 14.2 Å². The Morgan fingerprint density at radius 2 is 0.839 bits per heavy atom. The number of para-hydroxylation sites is 4. The smallest absolute Gasteiger partial charge is 0.135 e. The van der Waals surface area contributed by atoms with Crippen molar-refractivity contribution in [3.63, 3.8) is 0 Å². The van der Waals surface area contributed by atoms with Crippen molar-refractivity contribution in [2.45, 2.75) is 5.41 Å². The molecule has 2 aliphatic rings. The van der Waals surface area contributed by atoms with Gasteiger partial charge in [0.2, 0.25) is 0 Å². The number of rotatable bonds is 6. The van der Waals surface area contributed by atoms with Gasteiger partial charge in [-0.15, -0.1) is 0 Å². The summed E-state index contributed by atoms with van der Waals surface area (Å²) in [6.07, 6.45) is 0. The molecule has 0 fully saturated rings. The summed E-state index contributed by atoms with van der Waals surface area (Å²) in [5.41, 5.74) is 18.0. The first-order valence-electron chi connectivity index (χ1n) is 21.3. The first kappa shape index (κ1) is 34.7. The molecule has 3 nitrogen and oxygen atoms in total. The molecule has 62 heavy (non-hydrogen) atoms. The normalized spacial score (nSPS) is 14.5. The zero-order valence-electron chi connectivity index (χ0n) is 33.7. The summed E-state index contributed by atoms with van der Waals surface area (Å²) in [4.78, 5) is 4.88. The molecule has 0 amide bonds. The second-order valence-electron chi connectivity index (χ2n) is 16.4. The highest BCUT2D eigenvalue weighted by Gasteiger charge is 2.54. The fourth-order valence-electron chi connectivity index (χ4n) is 10.8. The third-order valence-corrected chi connectivity index (χ3v) is 13.2. The third kappa shape index (κ3) is 4.88. The molecule has 0 bridgehead atoms. The lowest BCUT2D eigenvalue weighted by Crippen LogP contribution is -2.28. The van der Waals surface area contributed by atoms with E-state index < -0.39 is 5.41 Å². The van der Waals surface area contributed by atoms with Gasteiger partial charge in [0.25, 0.3) is 0 Å². The number of furan rings is 1. The van der Waals surface area contributed by atoms with Gasteiger partial charge in [0, 0.05) is 44.8 Å². The number of hydrogen-bond donors (Lipinski definition) is 0. The first-order valence-corrected chi connectivity index (χ1v) is 21.3. The van der Waals surface area contributed by atoms with E-state index in [1.807, 2.05) is 6.07 Å². The number of fused-ring (bicyclic) bond motifs is 15. The van der Waals surface area contributed by atoms with Crippen LogP contribution in [0.3, 0.4) is 0 Å². The van der Waals surface area contributed by atoms with Crippen LogP contribution < -0.4 is 9.80 Å². The summed E-state index contributed by atoms with van der Waals surface area (Å²) in [5.74, 6) is 0. The zero-order valence-corrected chi connectivity index (χ0v) is 33.7. The van der Waals surface area contributed by atoms with Crippen LogP contribution in [0.2, 0.25) is 0 Å². The van der Waals surface area contributed by atoms with Gasteiger partial charge in [-0.2, -0.15) is 0 Å². The monoisotopic (exact) mass is 790 g/mol. The highest BCUT2D eigenvalue weighted by molar-refractivity contribution is 6.12. The van der Waals surface area contributed by atoms with Crippen LogP contribution in [0.5, 0.6) is 0 Å². The maximum absolute atomic E-state index is 6.40. The van der Waals surface area contributed by atoms with E-state index in [4.69, 9.17) is 4.42 Å². The lowest BCUT2D eigenvalue weighted by Gasteiger charge is -2.36. The standard InChI is InChI=1S/C59H38N2O/c1-4-19-40(20-5-1)60(41-21-6-2-7-22-41)44-32-34-47-46-26-12-15-29-51(46)59(53(47)38-44)52-30-16-13-28-49(52)57-45-25-11-10-18-39(45)36-54(58(57)59)61(42-23-8-3-9-24-42)43-33-35-56-50(37-43)48-27-14-17-31-55(48)62-56/h1-38H. The quantitative estimate of drug-likeness (QED) is 0.167. The summed E-state index contributed by atoms with van der Waals surface area (Å²) in [6, 6.07) is 84.2. The Balaban J connectivity index is 1.17. The molecule has 1 aromatic heterocycles. The lowest BCUT2D eigenvalue weighted by molar-refractivity contribution is 0.669. The number of hydrogen-bond acceptors (Lipinski definition) is 3. The van der Waals surface area contributed by atoms with Crippen LogP contribution in [0.1, 0.15) is 22.3 Å². The average molecular weight is 791 g/mol. The van der Waals surface area contributed by atoms with Crippen LogP contribution in [0.15, 0.2) is 235 Å². The van der Waals surface area contributed by atoms with Crippen molar-refractivity contribution in [2.24, 2.45) is 0 Å². The van der Waals surface area contributed by atoms with Gasteiger partial charge in [0.1, 0.15) is 11.2 Å². The molecule has 1 heterocycles. The van der Waals surface area contributed by atoms with Gasteiger partial charge in [0.15, 0.2) is 0 Å². The van der Waals surface area contributed by atoms with Gasteiger partial charge in [-0.1, -0.05) is 152 Å². The van der Waals surface area contributed by atoms with E-state index in [2.05, 4.69) is 234 Å². The molecule has 3 heteroatoms. The molecule has 0 aliphatic heterocycles. The van der Waals surface area contributed by atoms with Crippen molar-refractivity contribution in [1.29, 1.82) is 0 Å². The Labute approximate surface area is 360 Å². The van der Waals surface area contributed by atoms with E-state index >= 15 is 0 Å². The molecule has 0 saturated carbocycles. The van der Waals surface area contributed by atoms with Gasteiger partial charge in [0.05, 0.1) is 11.1 Å². The molecule has 1 unspecified atom stereocenters. The molecule has 1 spiro atoms. The lowest BCUT2D eigenvalue weighted by atomic mass is 9.69. The van der Waals surface area contributed by atoms with Gasteiger partial charge in [-0.05, 0) is 129 Å². The van der Waals surface area contributed by atoms with Gasteiger partial charge in [-0.3, -0.25) is 0 Å². The minimum absolute atomic E-state index is 0.661. The molecule has 0 saturated heterocycles. The van der Waals surface area contributed by atoms with Crippen molar-refractivity contribution >= 4 is 66.8 Å². The maximum Gasteiger partial charge on any atom is 0.135 e. The van der Waals surface area contributed by atoms with E-state index in [9.17, 15) is 0 Å². The van der Waals surface area contributed by atoms with Crippen molar-refractivity contribution in [3.05, 3.63) is 253 Å². The minimum atomic E-state index is -0.661. The summed E-state index contributed by atoms with van der Waals surface area (Å²) >= 11 is 0. The largest absolute Gasteiger partial charge is 0.456 e. The fourth-order valence-corrected chi connectivity index (χ4v) is 10.8. The second kappa shape index (κ2) is 13.4. The van der Waals surface area contributed by atoms with E-state index in [0.29, 0.717) is 0 Å². The number of anilines is 6. The minimum Gasteiger partial charge on any atom is -0.456 e. The molecule has 0 N–H and O–H groups in total. The van der Waals surface area contributed by atoms with Crippen molar-refractivity contribution in [2.75, 3.05) is 9.80 Å². The van der Waals surface area contributed by atoms with Crippen LogP contribution in [0.25, 0.3) is 55.0 Å². The van der Waals surface area contributed by atoms with Crippen molar-refractivity contribution in [1.82, 2.24) is 0 Å². The van der Waals surface area contributed by atoms with Crippen LogP contribution in [0.4, 0.5) is 34.1 Å². The maximum atomic E-state index is 6.40. The Hall–Kier alpha value is -8.14. The highest BCUT2D eigenvalue weighted by Crippen LogP contribution is 2.67. The van der Waals surface area contributed by atoms with E-state index in [-0.39, 0.29) is 0 Å². The van der Waals surface area contributed by atoms with Gasteiger partial charge >= 0.3 is 0 Å². The van der Waals surface area contributed by atoms with E-state index in [1.54, 1.807) is 0 Å². The Bertz CT molecular complexity index is 3500. The second-order valence-corrected chi connectivity index (χ2v) is 16.4.